The minimum absolute atomic E-state index is 0.113. The number of amides is 1. The van der Waals surface area contributed by atoms with E-state index < -0.39 is 10.8 Å². The molecule has 0 unspecified atom stereocenters. The number of nitro groups is 1. The number of primary amides is 1. The number of carbonyl (C=O) groups is 1. The molecule has 0 aromatic heterocycles. The summed E-state index contributed by atoms with van der Waals surface area (Å²) in [5.41, 5.74) is 5.06. The second-order valence-electron chi connectivity index (χ2n) is 2.92. The molecule has 0 aliphatic heterocycles. The van der Waals surface area contributed by atoms with Crippen LogP contribution in [0.25, 0.3) is 6.08 Å². The third kappa shape index (κ3) is 2.81. The van der Waals surface area contributed by atoms with E-state index in [0.717, 1.165) is 6.08 Å². The number of rotatable bonds is 4. The Kier molecular flexibility index (Phi) is 3.60. The van der Waals surface area contributed by atoms with Gasteiger partial charge in [0.05, 0.1) is 17.6 Å². The van der Waals surface area contributed by atoms with Crippen LogP contribution in [0.15, 0.2) is 24.3 Å². The maximum atomic E-state index is 10.7. The van der Waals surface area contributed by atoms with Crippen LogP contribution in [0, 0.1) is 10.1 Å². The Hall–Kier alpha value is -2.37. The van der Waals surface area contributed by atoms with Gasteiger partial charge in [0.1, 0.15) is 5.75 Å². The van der Waals surface area contributed by atoms with Gasteiger partial charge in [-0.05, 0) is 18.2 Å². The van der Waals surface area contributed by atoms with E-state index in [-0.39, 0.29) is 11.3 Å². The Balaban J connectivity index is 3.20. The van der Waals surface area contributed by atoms with E-state index in [1.807, 2.05) is 0 Å². The van der Waals surface area contributed by atoms with Gasteiger partial charge in [0.25, 0.3) is 5.69 Å². The second-order valence-corrected chi connectivity index (χ2v) is 2.92. The fraction of sp³-hybridized carbons (Fsp3) is 0.100. The Labute approximate surface area is 91.5 Å². The third-order valence-corrected chi connectivity index (χ3v) is 1.86. The number of benzene rings is 1. The number of nitro benzene ring substituents is 1. The van der Waals surface area contributed by atoms with Gasteiger partial charge in [-0.15, -0.1) is 0 Å². The Morgan fingerprint density at radius 1 is 1.56 bits per heavy atom. The number of hydrogen-bond donors (Lipinski definition) is 1. The van der Waals surface area contributed by atoms with Gasteiger partial charge in [-0.25, -0.2) is 0 Å². The molecule has 1 aromatic rings. The first-order chi connectivity index (χ1) is 7.54. The smallest absolute Gasteiger partial charge is 0.276 e. The van der Waals surface area contributed by atoms with Gasteiger partial charge in [-0.1, -0.05) is 0 Å². The molecule has 16 heavy (non-hydrogen) atoms. The molecule has 0 aliphatic rings. The van der Waals surface area contributed by atoms with Crippen molar-refractivity contribution >= 4 is 17.7 Å². The predicted octanol–water partition coefficient (Wildman–Crippen LogP) is 1.10. The first-order valence-electron chi connectivity index (χ1n) is 4.34. The van der Waals surface area contributed by atoms with Crippen LogP contribution in [0.2, 0.25) is 0 Å². The molecule has 1 aromatic carbocycles. The molecule has 0 aliphatic carbocycles. The number of carbonyl (C=O) groups excluding carboxylic acids is 1. The largest absolute Gasteiger partial charge is 0.497 e. The lowest BCUT2D eigenvalue weighted by Crippen LogP contribution is -2.05. The van der Waals surface area contributed by atoms with Crippen molar-refractivity contribution in [3.63, 3.8) is 0 Å². The lowest BCUT2D eigenvalue weighted by atomic mass is 10.1. The van der Waals surface area contributed by atoms with Crippen LogP contribution in [-0.2, 0) is 4.79 Å². The van der Waals surface area contributed by atoms with Gasteiger partial charge >= 0.3 is 0 Å². The average Bonchev–Trinajstić information content (AvgIpc) is 2.25. The molecule has 0 fully saturated rings. The van der Waals surface area contributed by atoms with E-state index in [2.05, 4.69) is 0 Å². The molecule has 84 valence electrons. The maximum absolute atomic E-state index is 10.7. The number of nitrogens with zero attached hydrogens (tertiary/aromatic N) is 1. The molecule has 0 saturated carbocycles. The van der Waals surface area contributed by atoms with E-state index in [1.165, 1.54) is 31.4 Å². The van der Waals surface area contributed by atoms with Gasteiger partial charge in [-0.3, -0.25) is 14.9 Å². The van der Waals surface area contributed by atoms with Crippen molar-refractivity contribution in [2.45, 2.75) is 0 Å². The summed E-state index contributed by atoms with van der Waals surface area (Å²) in [4.78, 5) is 20.7. The number of ether oxygens (including phenoxy) is 1. The first-order valence-corrected chi connectivity index (χ1v) is 4.34. The van der Waals surface area contributed by atoms with E-state index in [9.17, 15) is 14.9 Å². The summed E-state index contributed by atoms with van der Waals surface area (Å²) in [5.74, 6) is -0.202. The van der Waals surface area contributed by atoms with Crippen molar-refractivity contribution < 1.29 is 14.5 Å². The number of nitrogens with two attached hydrogens (primary N) is 1. The summed E-state index contributed by atoms with van der Waals surface area (Å²) in [6.45, 7) is 0. The molecule has 0 saturated heterocycles. The molecule has 0 atom stereocenters. The highest BCUT2D eigenvalue weighted by atomic mass is 16.6. The monoisotopic (exact) mass is 222 g/mol. The van der Waals surface area contributed by atoms with Crippen LogP contribution in [0.5, 0.6) is 5.75 Å². The number of hydrogen-bond acceptors (Lipinski definition) is 4. The minimum atomic E-state index is -0.669. The molecule has 0 bridgehead atoms. The zero-order valence-electron chi connectivity index (χ0n) is 8.54. The van der Waals surface area contributed by atoms with Crippen molar-refractivity contribution in [2.24, 2.45) is 5.73 Å². The van der Waals surface area contributed by atoms with Gasteiger partial charge in [-0.2, -0.15) is 0 Å². The standard InChI is InChI=1S/C10H10N2O4/c1-16-8-3-4-9(12(14)15)7(6-8)2-5-10(11)13/h2-6H,1H3,(H2,11,13). The van der Waals surface area contributed by atoms with E-state index in [0.29, 0.717) is 5.75 Å². The zero-order chi connectivity index (χ0) is 12.1. The minimum Gasteiger partial charge on any atom is -0.497 e. The van der Waals surface area contributed by atoms with E-state index in [1.54, 1.807) is 0 Å². The third-order valence-electron chi connectivity index (χ3n) is 1.86. The molecular weight excluding hydrogens is 212 g/mol. The van der Waals surface area contributed by atoms with Crippen LogP contribution < -0.4 is 10.5 Å². The molecule has 0 heterocycles. The molecule has 2 N–H and O–H groups in total. The summed E-state index contributed by atoms with van der Waals surface area (Å²) in [6, 6.07) is 4.23. The topological polar surface area (TPSA) is 95.5 Å². The second kappa shape index (κ2) is 4.92. The lowest BCUT2D eigenvalue weighted by molar-refractivity contribution is -0.385. The SMILES string of the molecule is COc1ccc([N+](=O)[O-])c(C=CC(N)=O)c1. The molecule has 0 radical (unpaired) electrons. The molecular formula is C10H10N2O4. The summed E-state index contributed by atoms with van der Waals surface area (Å²) < 4.78 is 4.92. The molecule has 6 heteroatoms. The molecule has 1 amide bonds. The van der Waals surface area contributed by atoms with Gasteiger partial charge in [0.15, 0.2) is 0 Å². The Morgan fingerprint density at radius 2 is 2.25 bits per heavy atom. The normalized spacial score (nSPS) is 10.3. The van der Waals surface area contributed by atoms with Crippen molar-refractivity contribution in [3.8, 4) is 5.75 Å². The first kappa shape index (κ1) is 11.7. The predicted molar refractivity (Wildman–Crippen MR) is 57.9 cm³/mol. The van der Waals surface area contributed by atoms with Crippen LogP contribution in [0.1, 0.15) is 5.56 Å². The maximum Gasteiger partial charge on any atom is 0.276 e. The highest BCUT2D eigenvalue weighted by molar-refractivity contribution is 5.91. The Morgan fingerprint density at radius 3 is 2.75 bits per heavy atom. The van der Waals surface area contributed by atoms with Crippen molar-refractivity contribution in [1.82, 2.24) is 0 Å². The van der Waals surface area contributed by atoms with Gasteiger partial charge in [0, 0.05) is 12.1 Å². The van der Waals surface area contributed by atoms with Crippen LogP contribution in [-0.4, -0.2) is 17.9 Å². The Bertz CT molecular complexity index is 454. The summed E-state index contributed by atoms with van der Waals surface area (Å²) in [7, 11) is 1.45. The van der Waals surface area contributed by atoms with E-state index >= 15 is 0 Å². The fourth-order valence-corrected chi connectivity index (χ4v) is 1.13. The quantitative estimate of drug-likeness (QED) is 0.468. The van der Waals surface area contributed by atoms with E-state index in [4.69, 9.17) is 10.5 Å². The van der Waals surface area contributed by atoms with Gasteiger partial charge < -0.3 is 10.5 Å². The molecule has 6 nitrogen and oxygen atoms in total. The van der Waals surface area contributed by atoms with Gasteiger partial charge in [0.2, 0.25) is 5.91 Å². The number of methoxy groups -OCH3 is 1. The summed E-state index contributed by atoms with van der Waals surface area (Å²) >= 11 is 0. The van der Waals surface area contributed by atoms with Crippen molar-refractivity contribution in [1.29, 1.82) is 0 Å². The fourth-order valence-electron chi connectivity index (χ4n) is 1.13. The summed E-state index contributed by atoms with van der Waals surface area (Å²) in [6.07, 6.45) is 2.34. The zero-order valence-corrected chi connectivity index (χ0v) is 8.54. The molecule has 0 spiro atoms. The highest BCUT2D eigenvalue weighted by Crippen LogP contribution is 2.24. The highest BCUT2D eigenvalue weighted by Gasteiger charge is 2.12. The van der Waals surface area contributed by atoms with Crippen LogP contribution in [0.3, 0.4) is 0 Å². The average molecular weight is 222 g/mol. The van der Waals surface area contributed by atoms with Crippen molar-refractivity contribution in [3.05, 3.63) is 40.0 Å². The molecule has 1 rings (SSSR count). The van der Waals surface area contributed by atoms with Crippen LogP contribution in [0.4, 0.5) is 5.69 Å². The summed E-state index contributed by atoms with van der Waals surface area (Å²) in [5, 5.41) is 10.7. The van der Waals surface area contributed by atoms with Crippen molar-refractivity contribution in [2.75, 3.05) is 7.11 Å². The van der Waals surface area contributed by atoms with Crippen LogP contribution >= 0.6 is 0 Å². The lowest BCUT2D eigenvalue weighted by Gasteiger charge is -2.01.